The van der Waals surface area contributed by atoms with E-state index < -0.39 is 11.1 Å². The molecular weight excluding hydrogens is 224 g/mol. The van der Waals surface area contributed by atoms with Crippen LogP contribution >= 0.6 is 0 Å². The number of nitrogens with one attached hydrogen (secondary N) is 1. The average molecular weight is 250 g/mol. The van der Waals surface area contributed by atoms with Crippen LogP contribution in [0.25, 0.3) is 0 Å². The standard InChI is InChI=1S/C14H26N4/c1-9-16-12(4)18(11(3)15)14(7,8)13(5,6)17-10-2/h16H,2-4,9,15H2,1,5-8H3. The molecule has 0 saturated heterocycles. The molecule has 0 amide bonds. The van der Waals surface area contributed by atoms with Crippen LogP contribution in [-0.4, -0.2) is 28.4 Å². The summed E-state index contributed by atoms with van der Waals surface area (Å²) in [5, 5.41) is 3.16. The molecule has 0 aromatic rings. The Morgan fingerprint density at radius 3 is 2.17 bits per heavy atom. The zero-order valence-corrected chi connectivity index (χ0v) is 12.3. The molecule has 0 fully saturated rings. The van der Waals surface area contributed by atoms with Gasteiger partial charge in [0, 0.05) is 6.54 Å². The zero-order valence-electron chi connectivity index (χ0n) is 12.3. The molecule has 3 N–H and O–H groups in total. The first-order chi connectivity index (χ1) is 8.11. The monoisotopic (exact) mass is 250 g/mol. The molecule has 0 rings (SSSR count). The van der Waals surface area contributed by atoms with E-state index in [0.717, 1.165) is 6.54 Å². The minimum Gasteiger partial charge on any atom is -0.386 e. The van der Waals surface area contributed by atoms with Crippen molar-refractivity contribution in [1.82, 2.24) is 10.2 Å². The molecule has 18 heavy (non-hydrogen) atoms. The van der Waals surface area contributed by atoms with Gasteiger partial charge in [0.2, 0.25) is 0 Å². The lowest BCUT2D eigenvalue weighted by molar-refractivity contribution is 0.119. The summed E-state index contributed by atoms with van der Waals surface area (Å²) in [6.45, 7) is 22.2. The molecule has 102 valence electrons. The number of rotatable bonds is 7. The molecule has 0 aliphatic rings. The molecular formula is C14H26N4. The Kier molecular flexibility index (Phi) is 5.25. The highest BCUT2D eigenvalue weighted by Crippen LogP contribution is 2.34. The second kappa shape index (κ2) is 5.78. The summed E-state index contributed by atoms with van der Waals surface area (Å²) < 4.78 is 0. The van der Waals surface area contributed by atoms with Crippen LogP contribution in [0.3, 0.4) is 0 Å². The van der Waals surface area contributed by atoms with E-state index in [9.17, 15) is 0 Å². The maximum absolute atomic E-state index is 5.90. The van der Waals surface area contributed by atoms with Crippen molar-refractivity contribution in [3.8, 4) is 0 Å². The van der Waals surface area contributed by atoms with Crippen LogP contribution in [0, 0.1) is 0 Å². The van der Waals surface area contributed by atoms with Crippen molar-refractivity contribution in [3.63, 3.8) is 0 Å². The molecule has 0 aliphatic carbocycles. The molecule has 0 spiro atoms. The first-order valence-corrected chi connectivity index (χ1v) is 6.03. The molecule has 0 bridgehead atoms. The van der Waals surface area contributed by atoms with Gasteiger partial charge in [-0.25, -0.2) is 4.99 Å². The van der Waals surface area contributed by atoms with Gasteiger partial charge in [-0.2, -0.15) is 0 Å². The smallest absolute Gasteiger partial charge is 0.100 e. The van der Waals surface area contributed by atoms with Gasteiger partial charge < -0.3 is 16.0 Å². The van der Waals surface area contributed by atoms with Gasteiger partial charge in [-0.3, -0.25) is 0 Å². The number of nitrogens with two attached hydrogens (primary N) is 1. The predicted molar refractivity (Wildman–Crippen MR) is 79.2 cm³/mol. The molecule has 4 nitrogen and oxygen atoms in total. The third-order valence-electron chi connectivity index (χ3n) is 3.35. The van der Waals surface area contributed by atoms with Gasteiger partial charge in [0.15, 0.2) is 0 Å². The van der Waals surface area contributed by atoms with Gasteiger partial charge in [0.05, 0.1) is 16.9 Å². The van der Waals surface area contributed by atoms with Crippen LogP contribution < -0.4 is 11.1 Å². The lowest BCUT2D eigenvalue weighted by atomic mass is 9.81. The summed E-state index contributed by atoms with van der Waals surface area (Å²) >= 11 is 0. The summed E-state index contributed by atoms with van der Waals surface area (Å²) in [5.41, 5.74) is 5.05. The van der Waals surface area contributed by atoms with Gasteiger partial charge in [-0.1, -0.05) is 13.2 Å². The first kappa shape index (κ1) is 16.3. The SMILES string of the molecule is C=C=NC(C)(C)C(C)(C)N(C(=C)N)C(=C)NCC. The van der Waals surface area contributed by atoms with E-state index in [0.29, 0.717) is 11.6 Å². The maximum Gasteiger partial charge on any atom is 0.100 e. The normalized spacial score (nSPS) is 11.4. The average Bonchev–Trinajstić information content (AvgIpc) is 2.16. The Labute approximate surface area is 111 Å². The fraction of sp³-hybridized carbons (Fsp3) is 0.571. The van der Waals surface area contributed by atoms with Gasteiger partial charge in [-0.15, -0.1) is 0 Å². The van der Waals surface area contributed by atoms with Gasteiger partial charge in [-0.05, 0) is 47.1 Å². The third kappa shape index (κ3) is 3.17. The predicted octanol–water partition coefficient (Wildman–Crippen LogP) is 2.21. The van der Waals surface area contributed by atoms with E-state index in [1.54, 1.807) is 0 Å². The first-order valence-electron chi connectivity index (χ1n) is 6.03. The lowest BCUT2D eigenvalue weighted by Crippen LogP contribution is -2.58. The quantitative estimate of drug-likeness (QED) is 0.681. The van der Waals surface area contributed by atoms with Crippen molar-refractivity contribution in [2.24, 2.45) is 10.7 Å². The Bertz CT molecular complexity index is 373. The molecule has 0 atom stereocenters. The number of aliphatic imine (C=N–C) groups is 1. The molecule has 0 unspecified atom stereocenters. The topological polar surface area (TPSA) is 53.6 Å². The molecule has 0 aliphatic heterocycles. The fourth-order valence-corrected chi connectivity index (χ4v) is 1.76. The van der Waals surface area contributed by atoms with Crippen molar-refractivity contribution in [1.29, 1.82) is 0 Å². The van der Waals surface area contributed by atoms with Crippen LogP contribution in [-0.2, 0) is 0 Å². The molecule has 0 aromatic carbocycles. The summed E-state index contributed by atoms with van der Waals surface area (Å²) in [5.74, 6) is 3.75. The lowest BCUT2D eigenvalue weighted by Gasteiger charge is -2.48. The van der Waals surface area contributed by atoms with Crippen molar-refractivity contribution < 1.29 is 0 Å². The minimum absolute atomic E-state index is 0.414. The van der Waals surface area contributed by atoms with Crippen molar-refractivity contribution in [2.75, 3.05) is 6.54 Å². The number of hydrogen-bond acceptors (Lipinski definition) is 4. The summed E-state index contributed by atoms with van der Waals surface area (Å²) in [4.78, 5) is 6.16. The van der Waals surface area contributed by atoms with Crippen LogP contribution in [0.2, 0.25) is 0 Å². The van der Waals surface area contributed by atoms with Crippen LogP contribution in [0.1, 0.15) is 34.6 Å². The largest absolute Gasteiger partial charge is 0.386 e. The summed E-state index contributed by atoms with van der Waals surface area (Å²) in [6, 6.07) is 0. The number of hydrogen-bond donors (Lipinski definition) is 2. The summed E-state index contributed by atoms with van der Waals surface area (Å²) in [6.07, 6.45) is 0. The van der Waals surface area contributed by atoms with Crippen LogP contribution in [0.5, 0.6) is 0 Å². The van der Waals surface area contributed by atoms with E-state index in [4.69, 9.17) is 5.73 Å². The van der Waals surface area contributed by atoms with Crippen LogP contribution in [0.15, 0.2) is 36.4 Å². The van der Waals surface area contributed by atoms with Crippen molar-refractivity contribution in [2.45, 2.75) is 45.7 Å². The molecule has 0 saturated carbocycles. The molecule has 4 heteroatoms. The zero-order chi connectivity index (χ0) is 14.6. The van der Waals surface area contributed by atoms with Crippen molar-refractivity contribution in [3.05, 3.63) is 31.4 Å². The Balaban J connectivity index is 5.54. The Morgan fingerprint density at radius 1 is 1.33 bits per heavy atom. The molecule has 0 aromatic heterocycles. The third-order valence-corrected chi connectivity index (χ3v) is 3.35. The second-order valence-electron chi connectivity index (χ2n) is 5.19. The van der Waals surface area contributed by atoms with E-state index in [-0.39, 0.29) is 0 Å². The maximum atomic E-state index is 5.90. The molecule has 0 heterocycles. The Hall–Kier alpha value is -1.67. The highest BCUT2D eigenvalue weighted by molar-refractivity contribution is 5.48. The molecule has 0 radical (unpaired) electrons. The van der Waals surface area contributed by atoms with E-state index in [1.165, 1.54) is 0 Å². The Morgan fingerprint density at radius 2 is 1.83 bits per heavy atom. The highest BCUT2D eigenvalue weighted by Gasteiger charge is 2.43. The van der Waals surface area contributed by atoms with Crippen LogP contribution in [0.4, 0.5) is 0 Å². The summed E-state index contributed by atoms with van der Waals surface area (Å²) in [7, 11) is 0. The second-order valence-corrected chi connectivity index (χ2v) is 5.19. The van der Waals surface area contributed by atoms with E-state index in [2.05, 4.69) is 35.9 Å². The van der Waals surface area contributed by atoms with Gasteiger partial charge in [0.25, 0.3) is 0 Å². The fourth-order valence-electron chi connectivity index (χ4n) is 1.76. The highest BCUT2D eigenvalue weighted by atomic mass is 15.3. The van der Waals surface area contributed by atoms with E-state index >= 15 is 0 Å². The number of nitrogens with zero attached hydrogens (tertiary/aromatic N) is 2. The van der Waals surface area contributed by atoms with E-state index in [1.807, 2.05) is 39.5 Å². The van der Waals surface area contributed by atoms with Crippen molar-refractivity contribution >= 4 is 5.87 Å². The van der Waals surface area contributed by atoms with Gasteiger partial charge >= 0.3 is 0 Å². The minimum atomic E-state index is -0.435. The van der Waals surface area contributed by atoms with Gasteiger partial charge in [0.1, 0.15) is 5.82 Å².